The first kappa shape index (κ1) is 22.7. The van der Waals surface area contributed by atoms with E-state index in [0.29, 0.717) is 6.04 Å². The molecular weight excluding hydrogens is 373 g/mol. The minimum Gasteiger partial charge on any atom is -0.475 e. The summed E-state index contributed by atoms with van der Waals surface area (Å²) in [5, 5.41) is 18.4. The maximum Gasteiger partial charge on any atom is 0.490 e. The predicted octanol–water partition coefficient (Wildman–Crippen LogP) is 3.50. The van der Waals surface area contributed by atoms with Crippen LogP contribution in [0.15, 0.2) is 12.3 Å². The minimum atomic E-state index is -5.08. The van der Waals surface area contributed by atoms with Gasteiger partial charge in [-0.3, -0.25) is 4.68 Å². The van der Waals surface area contributed by atoms with Crippen LogP contribution in [-0.2, 0) is 11.3 Å². The molecule has 0 unspecified atom stereocenters. The number of aromatic nitrogens is 2. The largest absolute Gasteiger partial charge is 0.490 e. The van der Waals surface area contributed by atoms with E-state index in [1.54, 1.807) is 0 Å². The van der Waals surface area contributed by atoms with E-state index in [-0.39, 0.29) is 0 Å². The van der Waals surface area contributed by atoms with E-state index in [9.17, 15) is 13.2 Å². The molecule has 0 amide bonds. The average Bonchev–Trinajstić information content (AvgIpc) is 3.29. The lowest BCUT2D eigenvalue weighted by Gasteiger charge is -2.37. The van der Waals surface area contributed by atoms with Crippen LogP contribution in [-0.4, -0.2) is 47.2 Å². The summed E-state index contributed by atoms with van der Waals surface area (Å²) >= 11 is 0. The van der Waals surface area contributed by atoms with Gasteiger partial charge in [-0.05, 0) is 57.1 Å². The number of hydrogen-bond donors (Lipinski definition) is 3. The predicted molar refractivity (Wildman–Crippen MR) is 100.0 cm³/mol. The molecule has 0 atom stereocenters. The Labute approximate surface area is 163 Å². The Balaban J connectivity index is 0.000000345. The number of alkyl halides is 3. The van der Waals surface area contributed by atoms with Crippen LogP contribution >= 0.6 is 0 Å². The third-order valence-electron chi connectivity index (χ3n) is 5.88. The highest BCUT2D eigenvalue weighted by Crippen LogP contribution is 2.51. The van der Waals surface area contributed by atoms with Crippen molar-refractivity contribution in [2.75, 3.05) is 20.1 Å². The van der Waals surface area contributed by atoms with E-state index >= 15 is 0 Å². The average molecular weight is 404 g/mol. The fraction of sp³-hybridized carbons (Fsp3) is 0.789. The van der Waals surface area contributed by atoms with E-state index in [2.05, 4.69) is 26.5 Å². The molecule has 0 bridgehead atoms. The van der Waals surface area contributed by atoms with E-state index in [0.717, 1.165) is 25.0 Å². The van der Waals surface area contributed by atoms with Gasteiger partial charge in [0.2, 0.25) is 0 Å². The number of aliphatic carboxylic acids is 1. The van der Waals surface area contributed by atoms with Crippen molar-refractivity contribution in [1.29, 1.82) is 0 Å². The van der Waals surface area contributed by atoms with Crippen LogP contribution in [0.5, 0.6) is 0 Å². The summed E-state index contributed by atoms with van der Waals surface area (Å²) in [4.78, 5) is 8.90. The number of carboxylic acids is 1. The summed E-state index contributed by atoms with van der Waals surface area (Å²) < 4.78 is 34.0. The van der Waals surface area contributed by atoms with Gasteiger partial charge in [-0.2, -0.15) is 18.3 Å². The lowest BCUT2D eigenvalue weighted by Crippen LogP contribution is -2.29. The standard InChI is InChI=1S/C17H30N4.C2HF3O2/c1-18-12-13-19-14-16-6-11-20-21(16)15-4-9-17(10-5-15)7-2-3-8-17;3-2(4,5)1(6)7/h6,11,15,18-19H,2-5,7-10,12-14H2,1H3;(H,6,7). The molecule has 2 aliphatic carbocycles. The molecule has 3 rings (SSSR count). The smallest absolute Gasteiger partial charge is 0.475 e. The molecule has 0 saturated heterocycles. The van der Waals surface area contributed by atoms with Crippen LogP contribution in [0.4, 0.5) is 13.2 Å². The van der Waals surface area contributed by atoms with Crippen LogP contribution in [0.1, 0.15) is 63.1 Å². The van der Waals surface area contributed by atoms with Crippen LogP contribution in [0.2, 0.25) is 0 Å². The fourth-order valence-electron chi connectivity index (χ4n) is 4.32. The summed E-state index contributed by atoms with van der Waals surface area (Å²) in [7, 11) is 1.99. The molecule has 0 aliphatic heterocycles. The number of nitrogens with zero attached hydrogens (tertiary/aromatic N) is 2. The van der Waals surface area contributed by atoms with E-state index in [4.69, 9.17) is 9.90 Å². The summed E-state index contributed by atoms with van der Waals surface area (Å²) in [6.07, 6.45) is 8.27. The van der Waals surface area contributed by atoms with Gasteiger partial charge in [0.05, 0.1) is 11.7 Å². The molecule has 1 spiro atoms. The second-order valence-corrected chi connectivity index (χ2v) is 7.79. The molecule has 1 aromatic heterocycles. The Morgan fingerprint density at radius 3 is 2.39 bits per heavy atom. The first-order chi connectivity index (χ1) is 13.3. The summed E-state index contributed by atoms with van der Waals surface area (Å²) in [5.74, 6) is -2.76. The van der Waals surface area contributed by atoms with Gasteiger partial charge >= 0.3 is 12.1 Å². The van der Waals surface area contributed by atoms with Gasteiger partial charge in [0.25, 0.3) is 0 Å². The van der Waals surface area contributed by atoms with Crippen molar-refractivity contribution in [3.05, 3.63) is 18.0 Å². The summed E-state index contributed by atoms with van der Waals surface area (Å²) in [5.41, 5.74) is 2.06. The second kappa shape index (κ2) is 10.2. The SMILES string of the molecule is CNCCNCc1ccnn1C1CCC2(CCCC2)CC1.O=C(O)C(F)(F)F. The molecule has 28 heavy (non-hydrogen) atoms. The van der Waals surface area contributed by atoms with Crippen molar-refractivity contribution < 1.29 is 23.1 Å². The Morgan fingerprint density at radius 1 is 1.25 bits per heavy atom. The van der Waals surface area contributed by atoms with Crippen LogP contribution in [0.3, 0.4) is 0 Å². The maximum absolute atomic E-state index is 10.6. The molecule has 0 aromatic carbocycles. The van der Waals surface area contributed by atoms with Gasteiger partial charge in [0.1, 0.15) is 0 Å². The number of likely N-dealkylation sites (N-methyl/N-ethyl adjacent to an activating group) is 1. The zero-order chi connectivity index (χ0) is 20.6. The molecular formula is C19H31F3N4O2. The van der Waals surface area contributed by atoms with Crippen LogP contribution < -0.4 is 10.6 Å². The number of halogens is 3. The minimum absolute atomic E-state index is 0.632. The molecule has 160 valence electrons. The third-order valence-corrected chi connectivity index (χ3v) is 5.88. The van der Waals surface area contributed by atoms with Crippen LogP contribution in [0.25, 0.3) is 0 Å². The number of carbonyl (C=O) groups is 1. The van der Waals surface area contributed by atoms with Gasteiger partial charge < -0.3 is 15.7 Å². The number of rotatable bonds is 6. The summed E-state index contributed by atoms with van der Waals surface area (Å²) in [6, 6.07) is 2.80. The highest BCUT2D eigenvalue weighted by Gasteiger charge is 2.39. The van der Waals surface area contributed by atoms with Gasteiger partial charge in [-0.25, -0.2) is 4.79 Å². The first-order valence-electron chi connectivity index (χ1n) is 9.95. The lowest BCUT2D eigenvalue weighted by molar-refractivity contribution is -0.192. The summed E-state index contributed by atoms with van der Waals surface area (Å²) in [6.45, 7) is 2.96. The van der Waals surface area contributed by atoms with Gasteiger partial charge in [0.15, 0.2) is 0 Å². The van der Waals surface area contributed by atoms with Crippen molar-refractivity contribution in [3.8, 4) is 0 Å². The highest BCUT2D eigenvalue weighted by molar-refractivity contribution is 5.73. The molecule has 0 radical (unpaired) electrons. The van der Waals surface area contributed by atoms with E-state index in [1.165, 1.54) is 57.1 Å². The van der Waals surface area contributed by atoms with Gasteiger partial charge in [0, 0.05) is 25.8 Å². The first-order valence-corrected chi connectivity index (χ1v) is 9.95. The lowest BCUT2D eigenvalue weighted by atomic mass is 9.71. The molecule has 1 aromatic rings. The maximum atomic E-state index is 10.6. The zero-order valence-corrected chi connectivity index (χ0v) is 16.4. The van der Waals surface area contributed by atoms with Gasteiger partial charge in [-0.15, -0.1) is 0 Å². The molecule has 2 saturated carbocycles. The quantitative estimate of drug-likeness (QED) is 0.633. The third kappa shape index (κ3) is 6.48. The Hall–Kier alpha value is -1.61. The monoisotopic (exact) mass is 404 g/mol. The second-order valence-electron chi connectivity index (χ2n) is 7.79. The highest BCUT2D eigenvalue weighted by atomic mass is 19.4. The van der Waals surface area contributed by atoms with Crippen molar-refractivity contribution >= 4 is 5.97 Å². The Morgan fingerprint density at radius 2 is 1.86 bits per heavy atom. The molecule has 9 heteroatoms. The van der Waals surface area contributed by atoms with Crippen molar-refractivity contribution in [3.63, 3.8) is 0 Å². The Bertz CT molecular complexity index is 603. The van der Waals surface area contributed by atoms with Crippen LogP contribution in [0, 0.1) is 5.41 Å². The number of hydrogen-bond acceptors (Lipinski definition) is 4. The fourth-order valence-corrected chi connectivity index (χ4v) is 4.32. The molecule has 1 heterocycles. The molecule has 3 N–H and O–H groups in total. The molecule has 2 aliphatic rings. The number of nitrogens with one attached hydrogen (secondary N) is 2. The Kier molecular flexibility index (Phi) is 8.30. The van der Waals surface area contributed by atoms with Crippen molar-refractivity contribution in [2.24, 2.45) is 5.41 Å². The van der Waals surface area contributed by atoms with E-state index < -0.39 is 12.1 Å². The van der Waals surface area contributed by atoms with Gasteiger partial charge in [-0.1, -0.05) is 12.8 Å². The van der Waals surface area contributed by atoms with Crippen molar-refractivity contribution in [2.45, 2.75) is 70.1 Å². The van der Waals surface area contributed by atoms with E-state index in [1.807, 2.05) is 13.2 Å². The zero-order valence-electron chi connectivity index (χ0n) is 16.4. The molecule has 6 nitrogen and oxygen atoms in total. The topological polar surface area (TPSA) is 79.2 Å². The number of carboxylic acid groups (broad SMARTS) is 1. The normalized spacial score (nSPS) is 19.4. The molecule has 2 fully saturated rings. The van der Waals surface area contributed by atoms with Crippen molar-refractivity contribution in [1.82, 2.24) is 20.4 Å².